The number of imidazole rings is 1. The summed E-state index contributed by atoms with van der Waals surface area (Å²) >= 11 is 0. The molecule has 3 aromatic rings. The Labute approximate surface area is 149 Å². The molecule has 0 bridgehead atoms. The first kappa shape index (κ1) is 17.3. The van der Waals surface area contributed by atoms with Crippen molar-refractivity contribution in [3.8, 4) is 5.69 Å². The average molecular weight is 354 g/mol. The molecule has 0 spiro atoms. The molecule has 2 heterocycles. The number of nitrogens with one attached hydrogen (secondary N) is 2. The van der Waals surface area contributed by atoms with Gasteiger partial charge in [-0.3, -0.25) is 20.0 Å². The largest absolute Gasteiger partial charge is 0.352 e. The van der Waals surface area contributed by atoms with Gasteiger partial charge in [0.15, 0.2) is 0 Å². The maximum absolute atomic E-state index is 12.3. The number of carbonyl (C=O) groups excluding carboxylic acids is 1. The molecule has 0 saturated carbocycles. The number of carbonyl (C=O) groups is 1. The van der Waals surface area contributed by atoms with Gasteiger partial charge in [-0.2, -0.15) is 5.10 Å². The predicted octanol–water partition coefficient (Wildman–Crippen LogP) is 2.17. The SMILES string of the molecule is Cc1[nH]ncc1CCCNC(=O)c1ccc(-n2ccnc2)c([N+](=O)[O-])c1. The molecular formula is C17H18N6O3. The van der Waals surface area contributed by atoms with E-state index in [-0.39, 0.29) is 17.2 Å². The Morgan fingerprint density at radius 2 is 2.27 bits per heavy atom. The Morgan fingerprint density at radius 1 is 1.42 bits per heavy atom. The summed E-state index contributed by atoms with van der Waals surface area (Å²) in [5, 5.41) is 21.0. The first-order chi connectivity index (χ1) is 12.6. The average Bonchev–Trinajstić information content (AvgIpc) is 3.30. The summed E-state index contributed by atoms with van der Waals surface area (Å²) in [6.45, 7) is 2.42. The van der Waals surface area contributed by atoms with E-state index in [0.29, 0.717) is 12.2 Å². The highest BCUT2D eigenvalue weighted by Crippen LogP contribution is 2.24. The fraction of sp³-hybridized carbons (Fsp3) is 0.235. The maximum Gasteiger partial charge on any atom is 0.294 e. The molecule has 3 rings (SSSR count). The number of hydrogen-bond donors (Lipinski definition) is 2. The van der Waals surface area contributed by atoms with Gasteiger partial charge in [-0.25, -0.2) is 4.98 Å². The van der Waals surface area contributed by atoms with Crippen LogP contribution >= 0.6 is 0 Å². The highest BCUT2D eigenvalue weighted by atomic mass is 16.6. The molecule has 9 nitrogen and oxygen atoms in total. The van der Waals surface area contributed by atoms with E-state index in [1.54, 1.807) is 24.5 Å². The minimum atomic E-state index is -0.506. The summed E-state index contributed by atoms with van der Waals surface area (Å²) in [7, 11) is 0. The second kappa shape index (κ2) is 7.60. The summed E-state index contributed by atoms with van der Waals surface area (Å²) in [6.07, 6.45) is 7.94. The molecule has 0 radical (unpaired) electrons. The van der Waals surface area contributed by atoms with Gasteiger partial charge < -0.3 is 9.88 Å². The number of aromatic amines is 1. The zero-order valence-corrected chi connectivity index (χ0v) is 14.2. The second-order valence-corrected chi connectivity index (χ2v) is 5.81. The van der Waals surface area contributed by atoms with Crippen LogP contribution in [0.4, 0.5) is 5.69 Å². The summed E-state index contributed by atoms with van der Waals surface area (Å²) in [4.78, 5) is 27.0. The van der Waals surface area contributed by atoms with Crippen molar-refractivity contribution in [2.75, 3.05) is 6.54 Å². The smallest absolute Gasteiger partial charge is 0.294 e. The number of hydrogen-bond acceptors (Lipinski definition) is 5. The van der Waals surface area contributed by atoms with Crippen LogP contribution in [0.2, 0.25) is 0 Å². The van der Waals surface area contributed by atoms with Gasteiger partial charge in [0.1, 0.15) is 5.69 Å². The first-order valence-corrected chi connectivity index (χ1v) is 8.10. The van der Waals surface area contributed by atoms with Crippen LogP contribution < -0.4 is 5.32 Å². The zero-order valence-electron chi connectivity index (χ0n) is 14.2. The van der Waals surface area contributed by atoms with Gasteiger partial charge >= 0.3 is 0 Å². The van der Waals surface area contributed by atoms with Crippen molar-refractivity contribution in [2.24, 2.45) is 0 Å². The Balaban J connectivity index is 1.65. The lowest BCUT2D eigenvalue weighted by atomic mass is 10.1. The van der Waals surface area contributed by atoms with Crippen LogP contribution in [0, 0.1) is 17.0 Å². The molecule has 0 aliphatic carbocycles. The lowest BCUT2D eigenvalue weighted by Crippen LogP contribution is -2.25. The molecule has 26 heavy (non-hydrogen) atoms. The summed E-state index contributed by atoms with van der Waals surface area (Å²) in [5.74, 6) is -0.339. The van der Waals surface area contributed by atoms with Crippen LogP contribution in [0.25, 0.3) is 5.69 Å². The van der Waals surface area contributed by atoms with Gasteiger partial charge in [-0.05, 0) is 37.5 Å². The highest BCUT2D eigenvalue weighted by molar-refractivity contribution is 5.95. The lowest BCUT2D eigenvalue weighted by Gasteiger charge is -2.08. The molecule has 0 fully saturated rings. The van der Waals surface area contributed by atoms with E-state index < -0.39 is 4.92 Å². The van der Waals surface area contributed by atoms with Gasteiger partial charge in [0, 0.05) is 36.3 Å². The lowest BCUT2D eigenvalue weighted by molar-refractivity contribution is -0.384. The third-order valence-electron chi connectivity index (χ3n) is 4.06. The molecule has 0 aliphatic heterocycles. The molecular weight excluding hydrogens is 336 g/mol. The van der Waals surface area contributed by atoms with Crippen LogP contribution in [-0.2, 0) is 6.42 Å². The zero-order chi connectivity index (χ0) is 18.5. The van der Waals surface area contributed by atoms with Crippen LogP contribution in [0.3, 0.4) is 0 Å². The van der Waals surface area contributed by atoms with Crippen molar-refractivity contribution in [1.29, 1.82) is 0 Å². The molecule has 0 aliphatic rings. The number of nitro benzene ring substituents is 1. The molecule has 1 aromatic carbocycles. The van der Waals surface area contributed by atoms with E-state index in [1.807, 2.05) is 6.92 Å². The first-order valence-electron chi connectivity index (χ1n) is 8.10. The molecule has 0 atom stereocenters. The molecule has 2 N–H and O–H groups in total. The van der Waals surface area contributed by atoms with E-state index in [2.05, 4.69) is 20.5 Å². The van der Waals surface area contributed by atoms with Crippen molar-refractivity contribution in [2.45, 2.75) is 19.8 Å². The summed E-state index contributed by atoms with van der Waals surface area (Å²) < 4.78 is 1.53. The van der Waals surface area contributed by atoms with Crippen LogP contribution in [0.15, 0.2) is 43.1 Å². The van der Waals surface area contributed by atoms with Crippen molar-refractivity contribution >= 4 is 11.6 Å². The van der Waals surface area contributed by atoms with Crippen molar-refractivity contribution < 1.29 is 9.72 Å². The fourth-order valence-corrected chi connectivity index (χ4v) is 2.64. The topological polar surface area (TPSA) is 119 Å². The minimum Gasteiger partial charge on any atom is -0.352 e. The number of rotatable bonds is 7. The van der Waals surface area contributed by atoms with Crippen molar-refractivity contribution in [3.63, 3.8) is 0 Å². The number of benzene rings is 1. The van der Waals surface area contributed by atoms with Gasteiger partial charge in [0.2, 0.25) is 0 Å². The number of H-pyrrole nitrogens is 1. The molecule has 2 aromatic heterocycles. The van der Waals surface area contributed by atoms with Gasteiger partial charge in [-0.1, -0.05) is 0 Å². The third-order valence-corrected chi connectivity index (χ3v) is 4.06. The Kier molecular flexibility index (Phi) is 5.07. The fourth-order valence-electron chi connectivity index (χ4n) is 2.64. The second-order valence-electron chi connectivity index (χ2n) is 5.81. The van der Waals surface area contributed by atoms with Crippen molar-refractivity contribution in [1.82, 2.24) is 25.1 Å². The number of aryl methyl sites for hydroxylation is 2. The Hall–Kier alpha value is -3.49. The van der Waals surface area contributed by atoms with E-state index in [0.717, 1.165) is 24.1 Å². The summed E-state index contributed by atoms with van der Waals surface area (Å²) in [6, 6.07) is 4.40. The number of nitro groups is 1. The van der Waals surface area contributed by atoms with E-state index in [4.69, 9.17) is 0 Å². The monoisotopic (exact) mass is 354 g/mol. The van der Waals surface area contributed by atoms with Gasteiger partial charge in [0.25, 0.3) is 11.6 Å². The standard InChI is InChI=1S/C17H18N6O3/c1-12-14(10-20-21-12)3-2-6-19-17(24)13-4-5-15(16(9-13)23(25)26)22-8-7-18-11-22/h4-5,7-11H,2-3,6H2,1H3,(H,19,24)(H,20,21). The van der Waals surface area contributed by atoms with E-state index in [1.165, 1.54) is 23.2 Å². The molecule has 0 unspecified atom stereocenters. The molecule has 9 heteroatoms. The van der Waals surface area contributed by atoms with Crippen LogP contribution in [0.5, 0.6) is 0 Å². The maximum atomic E-state index is 12.3. The van der Waals surface area contributed by atoms with E-state index >= 15 is 0 Å². The Bertz CT molecular complexity index is 916. The quantitative estimate of drug-likeness (QED) is 0.383. The minimum absolute atomic E-state index is 0.148. The third kappa shape index (κ3) is 3.77. The molecule has 1 amide bonds. The number of nitrogens with zero attached hydrogens (tertiary/aromatic N) is 4. The number of aromatic nitrogens is 4. The predicted molar refractivity (Wildman–Crippen MR) is 94.2 cm³/mol. The van der Waals surface area contributed by atoms with Crippen LogP contribution in [0.1, 0.15) is 28.0 Å². The molecule has 134 valence electrons. The van der Waals surface area contributed by atoms with Gasteiger partial charge in [0.05, 0.1) is 17.4 Å². The normalized spacial score (nSPS) is 10.7. The highest BCUT2D eigenvalue weighted by Gasteiger charge is 2.18. The van der Waals surface area contributed by atoms with Crippen molar-refractivity contribution in [3.05, 3.63) is 70.1 Å². The van der Waals surface area contributed by atoms with Gasteiger partial charge in [-0.15, -0.1) is 0 Å². The molecule has 0 saturated heterocycles. The van der Waals surface area contributed by atoms with E-state index in [9.17, 15) is 14.9 Å². The van der Waals surface area contributed by atoms with Crippen LogP contribution in [-0.4, -0.2) is 37.1 Å². The summed E-state index contributed by atoms with van der Waals surface area (Å²) in [5.41, 5.74) is 2.59. The Morgan fingerprint density at radius 3 is 2.92 bits per heavy atom. The number of amides is 1.